The van der Waals surface area contributed by atoms with Gasteiger partial charge in [-0.2, -0.15) is 0 Å². The van der Waals surface area contributed by atoms with E-state index in [9.17, 15) is 4.79 Å². The van der Waals surface area contributed by atoms with Gasteiger partial charge in [-0.25, -0.2) is 0 Å². The van der Waals surface area contributed by atoms with Gasteiger partial charge in [-0.05, 0) is 30.2 Å². The molecular weight excluding hydrogens is 287 g/mol. The van der Waals surface area contributed by atoms with Crippen LogP contribution in [0.25, 0.3) is 0 Å². The molecule has 0 aliphatic heterocycles. The monoisotopic (exact) mass is 294 g/mol. The number of hydrogen-bond donors (Lipinski definition) is 0. The molecule has 0 spiro atoms. The van der Waals surface area contributed by atoms with E-state index in [1.807, 2.05) is 6.07 Å². The maximum absolute atomic E-state index is 11.1. The minimum absolute atomic E-state index is 0.0489. The van der Waals surface area contributed by atoms with Crippen molar-refractivity contribution in [2.24, 2.45) is 0 Å². The van der Waals surface area contributed by atoms with Gasteiger partial charge >= 0.3 is 0 Å². The zero-order valence-corrected chi connectivity index (χ0v) is 10.7. The predicted molar refractivity (Wildman–Crippen MR) is 63.4 cm³/mol. The highest BCUT2D eigenvalue weighted by Crippen LogP contribution is 2.27. The van der Waals surface area contributed by atoms with Gasteiger partial charge in [0, 0.05) is 10.9 Å². The molecule has 0 saturated carbocycles. The van der Waals surface area contributed by atoms with E-state index in [2.05, 4.69) is 15.9 Å². The van der Waals surface area contributed by atoms with Gasteiger partial charge in [-0.15, -0.1) is 11.6 Å². The predicted octanol–water partition coefficient (Wildman–Crippen LogP) is 4.10. The zero-order chi connectivity index (χ0) is 10.7. The smallest absolute Gasteiger partial charge is 0.147 e. The summed E-state index contributed by atoms with van der Waals surface area (Å²) in [5.74, 6) is 0.443. The molecule has 76 valence electrons. The van der Waals surface area contributed by atoms with Crippen LogP contribution in [0.15, 0.2) is 18.2 Å². The van der Waals surface area contributed by atoms with Gasteiger partial charge in [0.2, 0.25) is 0 Å². The Balaban J connectivity index is 3.08. The molecule has 1 nitrogen and oxygen atoms in total. The lowest BCUT2D eigenvalue weighted by Gasteiger charge is -2.08. The van der Waals surface area contributed by atoms with Gasteiger partial charge in [-0.1, -0.05) is 33.6 Å². The highest BCUT2D eigenvalue weighted by Gasteiger charge is 2.13. The molecule has 1 aromatic carbocycles. The zero-order valence-electron chi connectivity index (χ0n) is 7.56. The average Bonchev–Trinajstić information content (AvgIpc) is 2.15. The standard InChI is InChI=1S/C10H9BrCl2O/c1-6(14)10(11)8-2-7(5-12)3-9(13)4-8/h2-4,10H,5H2,1H3. The van der Waals surface area contributed by atoms with Crippen molar-refractivity contribution in [1.82, 2.24) is 0 Å². The number of alkyl halides is 2. The minimum atomic E-state index is -0.303. The summed E-state index contributed by atoms with van der Waals surface area (Å²) in [5.41, 5.74) is 1.76. The van der Waals surface area contributed by atoms with Gasteiger partial charge in [0.15, 0.2) is 0 Å². The van der Waals surface area contributed by atoms with Crippen molar-refractivity contribution < 1.29 is 4.79 Å². The molecule has 0 fully saturated rings. The van der Waals surface area contributed by atoms with Crippen LogP contribution in [0.2, 0.25) is 5.02 Å². The number of hydrogen-bond acceptors (Lipinski definition) is 1. The average molecular weight is 296 g/mol. The van der Waals surface area contributed by atoms with Crippen LogP contribution in [-0.2, 0) is 10.7 Å². The lowest BCUT2D eigenvalue weighted by atomic mass is 10.1. The van der Waals surface area contributed by atoms with Crippen molar-refractivity contribution in [3.8, 4) is 0 Å². The van der Waals surface area contributed by atoms with E-state index in [1.54, 1.807) is 12.1 Å². The molecule has 0 N–H and O–H groups in total. The molecular formula is C10H9BrCl2O. The molecule has 4 heteroatoms. The molecule has 1 aromatic rings. The van der Waals surface area contributed by atoms with Crippen molar-refractivity contribution in [1.29, 1.82) is 0 Å². The van der Waals surface area contributed by atoms with Crippen molar-refractivity contribution in [2.45, 2.75) is 17.6 Å². The van der Waals surface area contributed by atoms with Gasteiger partial charge in [0.1, 0.15) is 5.78 Å². The van der Waals surface area contributed by atoms with Crippen LogP contribution in [0, 0.1) is 0 Å². The third kappa shape index (κ3) is 2.97. The van der Waals surface area contributed by atoms with Crippen LogP contribution in [0.4, 0.5) is 0 Å². The second kappa shape index (κ2) is 5.15. The first-order valence-electron chi connectivity index (χ1n) is 4.04. The molecule has 14 heavy (non-hydrogen) atoms. The Morgan fingerprint density at radius 3 is 2.64 bits per heavy atom. The molecule has 0 amide bonds. The first-order chi connectivity index (χ1) is 6.54. The maximum atomic E-state index is 11.1. The number of carbonyl (C=O) groups excluding carboxylic acids is 1. The molecule has 0 bridgehead atoms. The van der Waals surface area contributed by atoms with Crippen LogP contribution in [-0.4, -0.2) is 5.78 Å². The van der Waals surface area contributed by atoms with Crippen molar-refractivity contribution in [3.63, 3.8) is 0 Å². The Morgan fingerprint density at radius 1 is 1.50 bits per heavy atom. The molecule has 0 radical (unpaired) electrons. The van der Waals surface area contributed by atoms with E-state index >= 15 is 0 Å². The number of ketones is 1. The summed E-state index contributed by atoms with van der Waals surface area (Å²) in [6.45, 7) is 1.53. The van der Waals surface area contributed by atoms with Gasteiger partial charge in [-0.3, -0.25) is 4.79 Å². The van der Waals surface area contributed by atoms with Crippen LogP contribution in [0.1, 0.15) is 22.9 Å². The van der Waals surface area contributed by atoms with E-state index in [-0.39, 0.29) is 10.6 Å². The van der Waals surface area contributed by atoms with Crippen LogP contribution < -0.4 is 0 Å². The molecule has 0 saturated heterocycles. The largest absolute Gasteiger partial charge is 0.298 e. The summed E-state index contributed by atoms with van der Waals surface area (Å²) in [6.07, 6.45) is 0. The van der Waals surface area contributed by atoms with Gasteiger partial charge in [0.25, 0.3) is 0 Å². The molecule has 0 aliphatic rings. The summed E-state index contributed by atoms with van der Waals surface area (Å²) >= 11 is 14.9. The summed E-state index contributed by atoms with van der Waals surface area (Å²) in [7, 11) is 0. The van der Waals surface area contributed by atoms with E-state index < -0.39 is 0 Å². The first kappa shape index (κ1) is 12.0. The summed E-state index contributed by atoms with van der Waals surface area (Å²) in [5, 5.41) is 0.601. The Labute approximate surface area is 102 Å². The lowest BCUT2D eigenvalue weighted by Crippen LogP contribution is -2.01. The Kier molecular flexibility index (Phi) is 4.42. The Hall–Kier alpha value is -0.0500. The van der Waals surface area contributed by atoms with Crippen molar-refractivity contribution >= 4 is 44.9 Å². The minimum Gasteiger partial charge on any atom is -0.298 e. The maximum Gasteiger partial charge on any atom is 0.147 e. The van der Waals surface area contributed by atoms with Crippen LogP contribution in [0.5, 0.6) is 0 Å². The topological polar surface area (TPSA) is 17.1 Å². The normalized spacial score (nSPS) is 12.6. The number of rotatable bonds is 3. The number of halogens is 3. The molecule has 0 aliphatic carbocycles. The fourth-order valence-electron chi connectivity index (χ4n) is 1.13. The van der Waals surface area contributed by atoms with E-state index in [1.165, 1.54) is 6.92 Å². The van der Waals surface area contributed by atoms with Crippen LogP contribution >= 0.6 is 39.1 Å². The van der Waals surface area contributed by atoms with E-state index in [0.717, 1.165) is 11.1 Å². The number of carbonyl (C=O) groups is 1. The van der Waals surface area contributed by atoms with Gasteiger partial charge < -0.3 is 0 Å². The fourth-order valence-corrected chi connectivity index (χ4v) is 1.82. The Morgan fingerprint density at radius 2 is 2.14 bits per heavy atom. The van der Waals surface area contributed by atoms with Gasteiger partial charge in [0.05, 0.1) is 4.83 Å². The highest BCUT2D eigenvalue weighted by molar-refractivity contribution is 9.09. The fraction of sp³-hybridized carbons (Fsp3) is 0.300. The second-order valence-corrected chi connectivity index (χ2v) is 4.62. The molecule has 1 rings (SSSR count). The highest BCUT2D eigenvalue weighted by atomic mass is 79.9. The van der Waals surface area contributed by atoms with E-state index in [0.29, 0.717) is 10.9 Å². The van der Waals surface area contributed by atoms with Crippen molar-refractivity contribution in [3.05, 3.63) is 34.3 Å². The Bertz CT molecular complexity index is 352. The van der Waals surface area contributed by atoms with Crippen LogP contribution in [0.3, 0.4) is 0 Å². The first-order valence-corrected chi connectivity index (χ1v) is 5.87. The summed E-state index contributed by atoms with van der Waals surface area (Å²) < 4.78 is 0. The molecule has 1 atom stereocenters. The number of benzene rings is 1. The molecule has 0 heterocycles. The number of Topliss-reactive ketones (excluding diaryl/α,β-unsaturated/α-hetero) is 1. The summed E-state index contributed by atoms with van der Waals surface area (Å²) in [6, 6.07) is 5.43. The second-order valence-electron chi connectivity index (χ2n) is 3.00. The third-order valence-electron chi connectivity index (χ3n) is 1.78. The lowest BCUT2D eigenvalue weighted by molar-refractivity contribution is -0.116. The third-order valence-corrected chi connectivity index (χ3v) is 3.48. The quantitative estimate of drug-likeness (QED) is 0.767. The van der Waals surface area contributed by atoms with E-state index in [4.69, 9.17) is 23.2 Å². The summed E-state index contributed by atoms with van der Waals surface area (Å²) in [4.78, 5) is 10.8. The SMILES string of the molecule is CC(=O)C(Br)c1cc(Cl)cc(CCl)c1. The van der Waals surface area contributed by atoms with Crippen molar-refractivity contribution in [2.75, 3.05) is 0 Å². The molecule has 1 unspecified atom stereocenters. The molecule has 0 aromatic heterocycles.